The van der Waals surface area contributed by atoms with Crippen LogP contribution in [0.2, 0.25) is 0 Å². The van der Waals surface area contributed by atoms with Crippen molar-refractivity contribution in [1.29, 1.82) is 0 Å². The zero-order chi connectivity index (χ0) is 29.9. The van der Waals surface area contributed by atoms with E-state index >= 15 is 0 Å². The van der Waals surface area contributed by atoms with Crippen LogP contribution in [0.1, 0.15) is 37.4 Å². The number of anilines is 1. The van der Waals surface area contributed by atoms with Gasteiger partial charge in [-0.1, -0.05) is 54.6 Å². The summed E-state index contributed by atoms with van der Waals surface area (Å²) in [4.78, 5) is 43.6. The van der Waals surface area contributed by atoms with Crippen molar-refractivity contribution < 1.29 is 14.5 Å². The highest BCUT2D eigenvalue weighted by Crippen LogP contribution is 2.29. The van der Waals surface area contributed by atoms with Gasteiger partial charge in [0.15, 0.2) is 0 Å². The molecule has 0 fully saturated rings. The maximum Gasteiger partial charge on any atom is 0.269 e. The average Bonchev–Trinajstić information content (AvgIpc) is 3.03. The third-order valence-corrected chi connectivity index (χ3v) is 7.84. The summed E-state index contributed by atoms with van der Waals surface area (Å²) in [5.41, 5.74) is 12.0. The molecule has 0 radical (unpaired) electrons. The van der Waals surface area contributed by atoms with E-state index in [9.17, 15) is 19.7 Å². The Morgan fingerprint density at radius 3 is 2.47 bits per heavy atom. The first-order valence-corrected chi connectivity index (χ1v) is 14.0. The molecule has 5 aromatic rings. The number of carbonyl (C=O) groups is 2. The summed E-state index contributed by atoms with van der Waals surface area (Å²) in [7, 11) is 0. The summed E-state index contributed by atoms with van der Waals surface area (Å²) in [6, 6.07) is 29.0. The number of hydrogen-bond donors (Lipinski definition) is 2. The first-order valence-electron chi connectivity index (χ1n) is 14.0. The molecule has 2 heterocycles. The van der Waals surface area contributed by atoms with Crippen LogP contribution in [0.3, 0.4) is 0 Å². The fourth-order valence-corrected chi connectivity index (χ4v) is 5.54. The molecule has 1 aliphatic heterocycles. The predicted molar refractivity (Wildman–Crippen MR) is 166 cm³/mol. The molecule has 1 aliphatic rings. The van der Waals surface area contributed by atoms with E-state index in [0.29, 0.717) is 34.6 Å². The van der Waals surface area contributed by atoms with E-state index in [1.807, 2.05) is 54.6 Å². The van der Waals surface area contributed by atoms with Gasteiger partial charge in [-0.05, 0) is 59.9 Å². The Labute approximate surface area is 248 Å². The molecule has 2 amide bonds. The van der Waals surface area contributed by atoms with Crippen LogP contribution in [0.25, 0.3) is 22.2 Å². The quantitative estimate of drug-likeness (QED) is 0.180. The van der Waals surface area contributed by atoms with Crippen molar-refractivity contribution >= 4 is 34.1 Å². The topological polar surface area (TPSA) is 131 Å². The number of rotatable bonds is 8. The lowest BCUT2D eigenvalue weighted by Crippen LogP contribution is -2.32. The van der Waals surface area contributed by atoms with Gasteiger partial charge in [0.25, 0.3) is 17.5 Å². The number of para-hydroxylation sites is 1. The largest absolute Gasteiger partial charge is 0.366 e. The zero-order valence-electron chi connectivity index (χ0n) is 23.3. The molecule has 43 heavy (non-hydrogen) atoms. The van der Waals surface area contributed by atoms with Gasteiger partial charge in [0, 0.05) is 54.0 Å². The van der Waals surface area contributed by atoms with Crippen LogP contribution in [0.5, 0.6) is 0 Å². The van der Waals surface area contributed by atoms with E-state index in [1.54, 1.807) is 42.5 Å². The monoisotopic (exact) mass is 571 g/mol. The van der Waals surface area contributed by atoms with Crippen molar-refractivity contribution in [2.24, 2.45) is 5.73 Å². The average molecular weight is 572 g/mol. The number of amides is 2. The molecular weight excluding hydrogens is 542 g/mol. The van der Waals surface area contributed by atoms with Gasteiger partial charge in [-0.15, -0.1) is 0 Å². The third-order valence-electron chi connectivity index (χ3n) is 7.84. The fraction of sp³-hybridized carbons (Fsp3) is 0.147. The van der Waals surface area contributed by atoms with Crippen LogP contribution < -0.4 is 11.1 Å². The molecule has 9 nitrogen and oxygen atoms in total. The molecule has 9 heteroatoms. The number of carbonyl (C=O) groups excluding carboxylic acids is 2. The lowest BCUT2D eigenvalue weighted by Gasteiger charge is -2.28. The van der Waals surface area contributed by atoms with Crippen LogP contribution in [0.4, 0.5) is 11.4 Å². The second kappa shape index (κ2) is 11.8. The molecule has 0 unspecified atom stereocenters. The number of fused-ring (bicyclic) bond motifs is 2. The van der Waals surface area contributed by atoms with Gasteiger partial charge in [0.2, 0.25) is 0 Å². The minimum absolute atomic E-state index is 0.127. The van der Waals surface area contributed by atoms with Gasteiger partial charge in [0.05, 0.1) is 21.7 Å². The second-order valence-corrected chi connectivity index (χ2v) is 10.6. The first kappa shape index (κ1) is 27.7. The SMILES string of the molecule is NC(=O)c1cc2ccccc2nc1-c1ccccc1C(=O)Nc1ccc(CCN2CCc3ccc([N+](=O)[O-])cc3C2)cc1. The Kier molecular flexibility index (Phi) is 7.63. The summed E-state index contributed by atoms with van der Waals surface area (Å²) in [5.74, 6) is -0.941. The van der Waals surface area contributed by atoms with E-state index in [2.05, 4.69) is 10.2 Å². The lowest BCUT2D eigenvalue weighted by molar-refractivity contribution is -0.385. The Hall–Kier alpha value is -5.41. The number of nitrogens with one attached hydrogen (secondary N) is 1. The Morgan fingerprint density at radius 1 is 0.907 bits per heavy atom. The molecule has 0 bridgehead atoms. The number of pyridine rings is 1. The van der Waals surface area contributed by atoms with Crippen molar-refractivity contribution in [3.63, 3.8) is 0 Å². The molecule has 4 aromatic carbocycles. The predicted octanol–water partition coefficient (Wildman–Crippen LogP) is 5.76. The number of non-ortho nitro benzene ring substituents is 1. The number of benzene rings is 4. The molecule has 0 spiro atoms. The van der Waals surface area contributed by atoms with Crippen molar-refractivity contribution in [3.8, 4) is 11.3 Å². The second-order valence-electron chi connectivity index (χ2n) is 10.6. The van der Waals surface area contributed by atoms with Gasteiger partial charge in [0.1, 0.15) is 0 Å². The summed E-state index contributed by atoms with van der Waals surface area (Å²) < 4.78 is 0. The van der Waals surface area contributed by atoms with Gasteiger partial charge in [-0.2, -0.15) is 0 Å². The molecule has 0 saturated heterocycles. The van der Waals surface area contributed by atoms with Crippen molar-refractivity contribution in [2.75, 3.05) is 18.4 Å². The van der Waals surface area contributed by atoms with Gasteiger partial charge in [-0.3, -0.25) is 24.6 Å². The fourth-order valence-electron chi connectivity index (χ4n) is 5.54. The number of nitrogens with zero attached hydrogens (tertiary/aromatic N) is 3. The molecule has 0 saturated carbocycles. The van der Waals surface area contributed by atoms with Crippen LogP contribution in [0, 0.1) is 10.1 Å². The lowest BCUT2D eigenvalue weighted by atomic mass is 9.98. The Bertz CT molecular complexity index is 1870. The van der Waals surface area contributed by atoms with E-state index in [-0.39, 0.29) is 22.1 Å². The summed E-state index contributed by atoms with van der Waals surface area (Å²) in [6.07, 6.45) is 1.68. The molecule has 0 atom stereocenters. The van der Waals surface area contributed by atoms with Gasteiger partial charge in [-0.25, -0.2) is 4.98 Å². The van der Waals surface area contributed by atoms with Crippen LogP contribution in [-0.4, -0.2) is 39.7 Å². The molecular formula is C34H29N5O4. The first-order chi connectivity index (χ1) is 20.9. The zero-order valence-corrected chi connectivity index (χ0v) is 23.3. The molecule has 214 valence electrons. The Balaban J connectivity index is 1.14. The normalized spacial score (nSPS) is 12.9. The van der Waals surface area contributed by atoms with E-state index in [1.165, 1.54) is 5.56 Å². The highest BCUT2D eigenvalue weighted by Gasteiger charge is 2.21. The number of aromatic nitrogens is 1. The molecule has 1 aromatic heterocycles. The van der Waals surface area contributed by atoms with Gasteiger partial charge >= 0.3 is 0 Å². The third kappa shape index (κ3) is 5.98. The summed E-state index contributed by atoms with van der Waals surface area (Å²) in [6.45, 7) is 2.41. The molecule has 6 rings (SSSR count). The standard InChI is InChI=1S/C34H29N5O4/c35-33(40)30-20-24-5-1-4-8-31(24)37-32(30)28-6-2-3-7-29(28)34(41)36-26-12-9-22(10-13-26)15-17-38-18-16-23-11-14-27(39(42)43)19-25(23)21-38/h1-14,19-20H,15-18,21H2,(H2,35,40)(H,36,41). The number of primary amides is 1. The van der Waals surface area contributed by atoms with Crippen molar-refractivity contribution in [3.05, 3.63) is 135 Å². The number of nitrogens with two attached hydrogens (primary N) is 1. The highest BCUT2D eigenvalue weighted by molar-refractivity contribution is 6.11. The van der Waals surface area contributed by atoms with Crippen LogP contribution in [-0.2, 0) is 19.4 Å². The number of nitro groups is 1. The van der Waals surface area contributed by atoms with Crippen LogP contribution >= 0.6 is 0 Å². The van der Waals surface area contributed by atoms with Crippen molar-refractivity contribution in [1.82, 2.24) is 9.88 Å². The highest BCUT2D eigenvalue weighted by atomic mass is 16.6. The van der Waals surface area contributed by atoms with Crippen molar-refractivity contribution in [2.45, 2.75) is 19.4 Å². The van der Waals surface area contributed by atoms with E-state index in [4.69, 9.17) is 10.7 Å². The Morgan fingerprint density at radius 2 is 1.67 bits per heavy atom. The maximum atomic E-state index is 13.4. The minimum Gasteiger partial charge on any atom is -0.366 e. The maximum absolute atomic E-state index is 13.4. The van der Waals surface area contributed by atoms with E-state index in [0.717, 1.165) is 42.4 Å². The minimum atomic E-state index is -0.617. The molecule has 3 N–H and O–H groups in total. The summed E-state index contributed by atoms with van der Waals surface area (Å²) in [5, 5.41) is 14.9. The number of hydrogen-bond acceptors (Lipinski definition) is 6. The van der Waals surface area contributed by atoms with E-state index < -0.39 is 5.91 Å². The smallest absolute Gasteiger partial charge is 0.269 e. The molecule has 0 aliphatic carbocycles. The van der Waals surface area contributed by atoms with Crippen LogP contribution in [0.15, 0.2) is 97.1 Å². The summed E-state index contributed by atoms with van der Waals surface area (Å²) >= 11 is 0. The number of nitro benzene ring substituents is 1. The van der Waals surface area contributed by atoms with Gasteiger partial charge < -0.3 is 11.1 Å².